The maximum absolute atomic E-state index is 10.4. The molecule has 0 aromatic rings. The Hall–Kier alpha value is -1.08. The van der Waals surface area contributed by atoms with Crippen LogP contribution in [0.3, 0.4) is 0 Å². The first-order chi connectivity index (χ1) is 12.5. The standard InChI is InChI=1S/C23H37NO2/c1-4-5-7-11-20(25)12-13-21-22-16-18(15-19(22)17-23(21)26)10-8-6-9-14-24(2)3/h12-13,15,19-23,25-26H,6-11,14,16-17H2,1-3H3/t19-,20+,21+,22-,23+/m0/s1. The van der Waals surface area contributed by atoms with Gasteiger partial charge in [0, 0.05) is 12.3 Å². The maximum Gasteiger partial charge on any atom is 0.0730 e. The third-order valence-electron chi connectivity index (χ3n) is 5.85. The second-order valence-corrected chi connectivity index (χ2v) is 8.27. The van der Waals surface area contributed by atoms with E-state index >= 15 is 0 Å². The minimum Gasteiger partial charge on any atom is -0.392 e. The number of nitrogens with zero attached hydrogens (tertiary/aromatic N) is 1. The van der Waals surface area contributed by atoms with Gasteiger partial charge in [-0.2, -0.15) is 0 Å². The maximum atomic E-state index is 10.4. The van der Waals surface area contributed by atoms with Crippen molar-refractivity contribution in [3.63, 3.8) is 0 Å². The second-order valence-electron chi connectivity index (χ2n) is 8.27. The third-order valence-corrected chi connectivity index (χ3v) is 5.85. The largest absolute Gasteiger partial charge is 0.392 e. The number of hydrogen-bond donors (Lipinski definition) is 2. The van der Waals surface area contributed by atoms with Crippen LogP contribution in [0.1, 0.15) is 58.3 Å². The zero-order valence-corrected chi connectivity index (χ0v) is 16.8. The van der Waals surface area contributed by atoms with Crippen molar-refractivity contribution in [1.82, 2.24) is 4.90 Å². The summed E-state index contributed by atoms with van der Waals surface area (Å²) in [5.74, 6) is 7.09. The van der Waals surface area contributed by atoms with Gasteiger partial charge in [-0.25, -0.2) is 0 Å². The van der Waals surface area contributed by atoms with Gasteiger partial charge in [0.1, 0.15) is 0 Å². The molecule has 2 rings (SSSR count). The van der Waals surface area contributed by atoms with Crippen LogP contribution in [0.15, 0.2) is 23.8 Å². The van der Waals surface area contributed by atoms with Gasteiger partial charge in [0.15, 0.2) is 0 Å². The van der Waals surface area contributed by atoms with Gasteiger partial charge in [-0.3, -0.25) is 0 Å². The molecular weight excluding hydrogens is 322 g/mol. The lowest BCUT2D eigenvalue weighted by molar-refractivity contribution is 0.139. The summed E-state index contributed by atoms with van der Waals surface area (Å²) >= 11 is 0. The Kier molecular flexibility index (Phi) is 8.91. The molecule has 2 aliphatic carbocycles. The highest BCUT2D eigenvalue weighted by atomic mass is 16.3. The molecule has 0 spiro atoms. The number of aliphatic hydroxyl groups is 2. The highest BCUT2D eigenvalue weighted by Crippen LogP contribution is 2.48. The summed E-state index contributed by atoms with van der Waals surface area (Å²) in [6.07, 6.45) is 14.1. The summed E-state index contributed by atoms with van der Waals surface area (Å²) in [7, 11) is 4.27. The van der Waals surface area contributed by atoms with Gasteiger partial charge >= 0.3 is 0 Å². The van der Waals surface area contributed by atoms with Gasteiger partial charge < -0.3 is 15.1 Å². The SMILES string of the molecule is CC#CCC[C@@H](O)C=C[C@@H]1[C@H]2CC(CCCCCN(C)C)=C[C@H]2C[C@H]1O. The average Bonchev–Trinajstić information content (AvgIpc) is 3.09. The molecule has 2 aliphatic rings. The molecule has 0 unspecified atom stereocenters. The Morgan fingerprint density at radius 1 is 1.31 bits per heavy atom. The zero-order chi connectivity index (χ0) is 18.9. The number of fused-ring (bicyclic) bond motifs is 1. The quantitative estimate of drug-likeness (QED) is 0.354. The topological polar surface area (TPSA) is 43.7 Å². The molecule has 2 N–H and O–H groups in total. The lowest BCUT2D eigenvalue weighted by atomic mass is 9.88. The average molecular weight is 360 g/mol. The van der Waals surface area contributed by atoms with E-state index in [0.717, 1.165) is 19.3 Å². The Morgan fingerprint density at radius 2 is 2.12 bits per heavy atom. The molecule has 3 nitrogen and oxygen atoms in total. The highest BCUT2D eigenvalue weighted by molar-refractivity contribution is 5.21. The third kappa shape index (κ3) is 6.58. The van der Waals surface area contributed by atoms with E-state index in [0.29, 0.717) is 18.3 Å². The summed E-state index contributed by atoms with van der Waals surface area (Å²) in [4.78, 5) is 2.25. The van der Waals surface area contributed by atoms with E-state index in [-0.39, 0.29) is 12.0 Å². The molecule has 0 saturated heterocycles. The van der Waals surface area contributed by atoms with E-state index in [1.165, 1.54) is 32.2 Å². The van der Waals surface area contributed by atoms with Gasteiger partial charge in [0.2, 0.25) is 0 Å². The van der Waals surface area contributed by atoms with Crippen molar-refractivity contribution in [2.45, 2.75) is 70.5 Å². The fourth-order valence-electron chi connectivity index (χ4n) is 4.45. The predicted molar refractivity (Wildman–Crippen MR) is 109 cm³/mol. The summed E-state index contributed by atoms with van der Waals surface area (Å²) in [5, 5.41) is 20.5. The monoisotopic (exact) mass is 359 g/mol. The van der Waals surface area contributed by atoms with Gasteiger partial charge in [-0.15, -0.1) is 11.8 Å². The molecule has 1 saturated carbocycles. The fourth-order valence-corrected chi connectivity index (χ4v) is 4.45. The lowest BCUT2D eigenvalue weighted by Crippen LogP contribution is -2.18. The molecule has 1 fully saturated rings. The Morgan fingerprint density at radius 3 is 2.85 bits per heavy atom. The minimum atomic E-state index is -0.451. The van der Waals surface area contributed by atoms with Crippen LogP contribution in [0.5, 0.6) is 0 Å². The first-order valence-corrected chi connectivity index (χ1v) is 10.3. The molecule has 0 heterocycles. The number of unbranched alkanes of at least 4 members (excludes halogenated alkanes) is 2. The van der Waals surface area contributed by atoms with Crippen molar-refractivity contribution < 1.29 is 10.2 Å². The van der Waals surface area contributed by atoms with E-state index in [4.69, 9.17) is 0 Å². The van der Waals surface area contributed by atoms with Crippen LogP contribution >= 0.6 is 0 Å². The lowest BCUT2D eigenvalue weighted by Gasteiger charge is -2.19. The molecule has 3 heteroatoms. The van der Waals surface area contributed by atoms with E-state index in [9.17, 15) is 10.2 Å². The van der Waals surface area contributed by atoms with Crippen molar-refractivity contribution in [2.75, 3.05) is 20.6 Å². The number of rotatable bonds is 10. The molecule has 0 radical (unpaired) electrons. The molecule has 0 aromatic carbocycles. The van der Waals surface area contributed by atoms with Crippen LogP contribution in [-0.4, -0.2) is 48.0 Å². The molecule has 0 bridgehead atoms. The van der Waals surface area contributed by atoms with Crippen molar-refractivity contribution >= 4 is 0 Å². The fraction of sp³-hybridized carbons (Fsp3) is 0.739. The smallest absolute Gasteiger partial charge is 0.0730 e. The van der Waals surface area contributed by atoms with Crippen molar-refractivity contribution in [3.05, 3.63) is 23.8 Å². The Labute approximate surface area is 160 Å². The Bertz CT molecular complexity index is 540. The second kappa shape index (κ2) is 10.9. The van der Waals surface area contributed by atoms with E-state index in [1.54, 1.807) is 5.57 Å². The molecule has 5 atom stereocenters. The predicted octanol–water partition coefficient (Wildman–Crippen LogP) is 3.77. The van der Waals surface area contributed by atoms with Crippen LogP contribution in [0.25, 0.3) is 0 Å². The van der Waals surface area contributed by atoms with Crippen molar-refractivity contribution in [3.8, 4) is 11.8 Å². The molecular formula is C23H37NO2. The van der Waals surface area contributed by atoms with Crippen molar-refractivity contribution in [1.29, 1.82) is 0 Å². The number of aliphatic hydroxyl groups excluding tert-OH is 2. The van der Waals surface area contributed by atoms with E-state index < -0.39 is 6.10 Å². The zero-order valence-electron chi connectivity index (χ0n) is 16.8. The van der Waals surface area contributed by atoms with Gasteiger partial charge in [0.05, 0.1) is 12.2 Å². The van der Waals surface area contributed by atoms with Gasteiger partial charge in [-0.1, -0.05) is 30.2 Å². The summed E-state index contributed by atoms with van der Waals surface area (Å²) in [6, 6.07) is 0. The summed E-state index contributed by atoms with van der Waals surface area (Å²) < 4.78 is 0. The number of hydrogen-bond acceptors (Lipinski definition) is 3. The first-order valence-electron chi connectivity index (χ1n) is 10.3. The Balaban J connectivity index is 1.76. The van der Waals surface area contributed by atoms with Crippen LogP contribution in [-0.2, 0) is 0 Å². The molecule has 0 amide bonds. The van der Waals surface area contributed by atoms with Crippen LogP contribution in [0, 0.1) is 29.6 Å². The molecule has 146 valence electrons. The normalized spacial score (nSPS) is 28.9. The van der Waals surface area contributed by atoms with Gasteiger partial charge in [-0.05, 0) is 77.9 Å². The summed E-state index contributed by atoms with van der Waals surface area (Å²) in [6.45, 7) is 3.00. The van der Waals surface area contributed by atoms with Crippen LogP contribution < -0.4 is 0 Å². The highest BCUT2D eigenvalue weighted by Gasteiger charge is 2.43. The van der Waals surface area contributed by atoms with Crippen molar-refractivity contribution in [2.24, 2.45) is 17.8 Å². The van der Waals surface area contributed by atoms with Gasteiger partial charge in [0.25, 0.3) is 0 Å². The molecule has 26 heavy (non-hydrogen) atoms. The first kappa shape index (κ1) is 21.2. The minimum absolute atomic E-state index is 0.189. The van der Waals surface area contributed by atoms with E-state index in [2.05, 4.69) is 43.0 Å². The van der Waals surface area contributed by atoms with E-state index in [1.807, 2.05) is 13.0 Å². The molecule has 0 aliphatic heterocycles. The summed E-state index contributed by atoms with van der Waals surface area (Å²) in [5.41, 5.74) is 1.59. The molecule has 0 aromatic heterocycles. The van der Waals surface area contributed by atoms with Crippen LogP contribution in [0.4, 0.5) is 0 Å². The number of allylic oxidation sites excluding steroid dienone is 2. The van der Waals surface area contributed by atoms with Crippen LogP contribution in [0.2, 0.25) is 0 Å².